The summed E-state index contributed by atoms with van der Waals surface area (Å²) in [5, 5.41) is 0. The minimum Gasteiger partial charge on any atom is -0.491 e. The van der Waals surface area contributed by atoms with Crippen molar-refractivity contribution >= 4 is 5.97 Å². The zero-order chi connectivity index (χ0) is 29.5. The first-order valence-electron chi connectivity index (χ1n) is 14.1. The quantitative estimate of drug-likeness (QED) is 0.452. The molecule has 0 spiro atoms. The highest BCUT2D eigenvalue weighted by molar-refractivity contribution is 5.93. The van der Waals surface area contributed by atoms with Crippen LogP contribution in [0.2, 0.25) is 0 Å². The van der Waals surface area contributed by atoms with Crippen molar-refractivity contribution in [1.29, 1.82) is 0 Å². The molecule has 0 saturated heterocycles. The molecule has 4 heterocycles. The number of hydrogen-bond donors (Lipinski definition) is 0. The smallest absolute Gasteiger partial charge is 0.341 e. The molecule has 12 nitrogen and oxygen atoms in total. The zero-order valence-electron chi connectivity index (χ0n) is 24.3. The Morgan fingerprint density at radius 3 is 1.21 bits per heavy atom. The molecule has 42 heavy (non-hydrogen) atoms. The molecule has 0 unspecified atom stereocenters. The lowest BCUT2D eigenvalue weighted by Gasteiger charge is -2.13. The van der Waals surface area contributed by atoms with Crippen LogP contribution in [0.3, 0.4) is 0 Å². The number of methoxy groups -OCH3 is 1. The Balaban J connectivity index is 1.40. The summed E-state index contributed by atoms with van der Waals surface area (Å²) in [5.41, 5.74) is 0.266. The Bertz CT molecular complexity index is 985. The second-order valence-electron chi connectivity index (χ2n) is 8.69. The summed E-state index contributed by atoms with van der Waals surface area (Å²) in [6.45, 7) is 6.54. The summed E-state index contributed by atoms with van der Waals surface area (Å²) < 4.78 is 60.9. The van der Waals surface area contributed by atoms with Gasteiger partial charge in [-0.25, -0.2) is 4.79 Å². The van der Waals surface area contributed by atoms with E-state index >= 15 is 0 Å². The second-order valence-corrected chi connectivity index (χ2v) is 8.69. The van der Waals surface area contributed by atoms with Gasteiger partial charge in [0.15, 0.2) is 0 Å². The number of hydrogen-bond acceptors (Lipinski definition) is 12. The van der Waals surface area contributed by atoms with Gasteiger partial charge >= 0.3 is 5.97 Å². The SMILES string of the molecule is COC(=O)c1cc2ccc1OCCOCCOCCOCCOc1ccc(cc1)OCCOCCOCCOCCO2. The van der Waals surface area contributed by atoms with Gasteiger partial charge < -0.3 is 52.1 Å². The van der Waals surface area contributed by atoms with Crippen molar-refractivity contribution in [3.8, 4) is 23.0 Å². The first-order valence-corrected chi connectivity index (χ1v) is 14.1. The van der Waals surface area contributed by atoms with Crippen LogP contribution in [0.25, 0.3) is 0 Å². The molecule has 0 amide bonds. The van der Waals surface area contributed by atoms with Crippen molar-refractivity contribution in [3.05, 3.63) is 48.0 Å². The molecular weight excluding hydrogens is 552 g/mol. The summed E-state index contributed by atoms with van der Waals surface area (Å²) >= 11 is 0. The average molecular weight is 595 g/mol. The molecular formula is C30H42O12. The Morgan fingerprint density at radius 1 is 0.476 bits per heavy atom. The molecule has 4 bridgehead atoms. The molecule has 0 aliphatic carbocycles. The topological polar surface area (TPSA) is 119 Å². The van der Waals surface area contributed by atoms with E-state index in [4.69, 9.17) is 52.1 Å². The number of ether oxygens (including phenoxy) is 11. The van der Waals surface area contributed by atoms with Crippen LogP contribution >= 0.6 is 0 Å². The van der Waals surface area contributed by atoms with Gasteiger partial charge in [0.05, 0.1) is 86.4 Å². The van der Waals surface area contributed by atoms with E-state index in [1.54, 1.807) is 18.2 Å². The van der Waals surface area contributed by atoms with Crippen LogP contribution in [0, 0.1) is 0 Å². The van der Waals surface area contributed by atoms with Crippen molar-refractivity contribution in [3.63, 3.8) is 0 Å². The van der Waals surface area contributed by atoms with Crippen LogP contribution in [0.15, 0.2) is 42.5 Å². The fourth-order valence-electron chi connectivity index (χ4n) is 3.58. The van der Waals surface area contributed by atoms with E-state index in [9.17, 15) is 4.79 Å². The van der Waals surface area contributed by atoms with Crippen LogP contribution in [0.5, 0.6) is 23.0 Å². The monoisotopic (exact) mass is 594 g/mol. The van der Waals surface area contributed by atoms with Crippen molar-refractivity contribution in [1.82, 2.24) is 0 Å². The van der Waals surface area contributed by atoms with Gasteiger partial charge in [-0.05, 0) is 42.5 Å². The third-order valence-corrected chi connectivity index (χ3v) is 5.64. The molecule has 0 radical (unpaired) electrons. The van der Waals surface area contributed by atoms with E-state index in [1.165, 1.54) is 7.11 Å². The van der Waals surface area contributed by atoms with E-state index in [-0.39, 0.29) is 12.2 Å². The highest BCUT2D eigenvalue weighted by Crippen LogP contribution is 2.25. The predicted octanol–water partition coefficient (Wildman–Crippen LogP) is 2.80. The van der Waals surface area contributed by atoms with Crippen molar-refractivity contribution in [2.24, 2.45) is 0 Å². The minimum absolute atomic E-state index is 0.255. The van der Waals surface area contributed by atoms with Crippen LogP contribution < -0.4 is 18.9 Å². The van der Waals surface area contributed by atoms with Crippen LogP contribution in [0.1, 0.15) is 10.4 Å². The highest BCUT2D eigenvalue weighted by Gasteiger charge is 2.15. The maximum absolute atomic E-state index is 12.3. The molecule has 2 aromatic carbocycles. The maximum Gasteiger partial charge on any atom is 0.341 e. The first kappa shape index (κ1) is 33.4. The Kier molecular flexibility index (Phi) is 17.1. The standard InChI is InChI=1S/C30H42O12/c1-32-30(31)28-24-27-6-7-29(28)42-23-19-38-15-11-34-9-13-36-17-21-40-26-4-2-25(3-5-26)39-20-16-35-12-8-33-10-14-37-18-22-41-27/h2-7,24H,8-23H2,1H3. The van der Waals surface area contributed by atoms with Gasteiger partial charge in [-0.1, -0.05) is 0 Å². The van der Waals surface area contributed by atoms with Gasteiger partial charge in [0.1, 0.15) is 55.0 Å². The lowest BCUT2D eigenvalue weighted by Crippen LogP contribution is -2.15. The third kappa shape index (κ3) is 14.2. The second kappa shape index (κ2) is 21.6. The summed E-state index contributed by atoms with van der Waals surface area (Å²) in [6.07, 6.45) is 0. The van der Waals surface area contributed by atoms with E-state index in [2.05, 4.69) is 0 Å². The zero-order valence-corrected chi connectivity index (χ0v) is 24.3. The predicted molar refractivity (Wildman–Crippen MR) is 151 cm³/mol. The molecule has 4 aliphatic heterocycles. The molecule has 0 aromatic heterocycles. The third-order valence-electron chi connectivity index (χ3n) is 5.64. The minimum atomic E-state index is -0.523. The molecule has 2 aromatic rings. The summed E-state index contributed by atoms with van der Waals surface area (Å²) in [5.74, 6) is 1.84. The molecule has 4 aliphatic rings. The highest BCUT2D eigenvalue weighted by atomic mass is 16.6. The van der Waals surface area contributed by atoms with Gasteiger partial charge in [0, 0.05) is 0 Å². The fourth-order valence-corrected chi connectivity index (χ4v) is 3.58. The van der Waals surface area contributed by atoms with Crippen LogP contribution in [-0.2, 0) is 33.2 Å². The maximum atomic E-state index is 12.3. The van der Waals surface area contributed by atoms with Gasteiger partial charge in [-0.3, -0.25) is 0 Å². The summed E-state index contributed by atoms with van der Waals surface area (Å²) in [6, 6.07) is 12.4. The van der Waals surface area contributed by atoms with E-state index < -0.39 is 5.97 Å². The number of esters is 1. The van der Waals surface area contributed by atoms with Gasteiger partial charge in [0.25, 0.3) is 0 Å². The first-order chi connectivity index (χ1) is 20.8. The van der Waals surface area contributed by atoms with Crippen LogP contribution in [-0.4, -0.2) is 119 Å². The molecule has 12 heteroatoms. The number of carbonyl (C=O) groups excluding carboxylic acids is 1. The molecule has 0 atom stereocenters. The normalized spacial score (nSPS) is 18.3. The largest absolute Gasteiger partial charge is 0.491 e. The molecule has 0 fully saturated rings. The molecule has 0 N–H and O–H groups in total. The van der Waals surface area contributed by atoms with Gasteiger partial charge in [-0.15, -0.1) is 0 Å². The Morgan fingerprint density at radius 2 is 0.810 bits per heavy atom. The average Bonchev–Trinajstić information content (AvgIpc) is 3.02. The molecule has 234 valence electrons. The number of benzene rings is 2. The summed E-state index contributed by atoms with van der Waals surface area (Å²) in [4.78, 5) is 12.3. The summed E-state index contributed by atoms with van der Waals surface area (Å²) in [7, 11) is 1.31. The Labute approximate surface area is 246 Å². The van der Waals surface area contributed by atoms with Gasteiger partial charge in [0.2, 0.25) is 0 Å². The van der Waals surface area contributed by atoms with E-state index in [1.807, 2.05) is 24.3 Å². The van der Waals surface area contributed by atoms with Crippen molar-refractivity contribution in [2.45, 2.75) is 0 Å². The van der Waals surface area contributed by atoms with Gasteiger partial charge in [-0.2, -0.15) is 0 Å². The van der Waals surface area contributed by atoms with Crippen molar-refractivity contribution < 1.29 is 56.9 Å². The lowest BCUT2D eigenvalue weighted by atomic mass is 10.2. The fraction of sp³-hybridized carbons (Fsp3) is 0.567. The molecule has 6 rings (SSSR count). The van der Waals surface area contributed by atoms with E-state index in [0.29, 0.717) is 111 Å². The Hall–Kier alpha value is -3.13. The van der Waals surface area contributed by atoms with Crippen molar-refractivity contribution in [2.75, 3.05) is 113 Å². The number of carbonyl (C=O) groups is 1. The molecule has 0 saturated carbocycles. The van der Waals surface area contributed by atoms with E-state index in [0.717, 1.165) is 11.5 Å². The number of rotatable bonds is 1. The van der Waals surface area contributed by atoms with Crippen LogP contribution in [0.4, 0.5) is 0 Å². The lowest BCUT2D eigenvalue weighted by molar-refractivity contribution is 0.00461.